The molecule has 1 aliphatic carbocycles. The number of nitrogens with zero attached hydrogens (tertiary/aromatic N) is 1. The number of nitrogens with one attached hydrogen (secondary N) is 1. The predicted octanol–water partition coefficient (Wildman–Crippen LogP) is 7.51. The molecule has 1 aliphatic rings. The summed E-state index contributed by atoms with van der Waals surface area (Å²) in [5.41, 5.74) is 1.68. The second-order valence-electron chi connectivity index (χ2n) is 8.70. The van der Waals surface area contributed by atoms with Gasteiger partial charge in [0.2, 0.25) is 0 Å². The molecular weight excluding hydrogens is 493 g/mol. The van der Waals surface area contributed by atoms with Crippen molar-refractivity contribution in [2.24, 2.45) is 5.92 Å². The first kappa shape index (κ1) is 23.7. The lowest BCUT2D eigenvalue weighted by Crippen LogP contribution is -2.39. The smallest absolute Gasteiger partial charge is 0.349 e. The minimum absolute atomic E-state index is 0.0150. The lowest BCUT2D eigenvalue weighted by Gasteiger charge is -2.29. The van der Waals surface area contributed by atoms with Crippen LogP contribution in [-0.4, -0.2) is 16.9 Å². The number of carbonyl (C=O) groups is 1. The topological polar surface area (TPSA) is 42.0 Å². The van der Waals surface area contributed by atoms with Crippen molar-refractivity contribution in [2.75, 3.05) is 0 Å². The normalized spacial score (nSPS) is 16.0. The highest BCUT2D eigenvalue weighted by Gasteiger charge is 2.32. The molecule has 0 spiro atoms. The quantitative estimate of drug-likeness (QED) is 0.355. The van der Waals surface area contributed by atoms with Gasteiger partial charge in [0.05, 0.1) is 22.3 Å². The van der Waals surface area contributed by atoms with E-state index in [4.69, 9.17) is 0 Å². The van der Waals surface area contributed by atoms with Gasteiger partial charge in [-0.3, -0.25) is 4.79 Å². The first-order chi connectivity index (χ1) is 15.8. The van der Waals surface area contributed by atoms with Crippen molar-refractivity contribution in [3.05, 3.63) is 65.2 Å². The molecule has 3 nitrogen and oxygen atoms in total. The fourth-order valence-electron chi connectivity index (χ4n) is 4.74. The second kappa shape index (κ2) is 9.84. The molecule has 3 aromatic rings. The largest absolute Gasteiger partial charge is 0.416 e. The molecule has 174 valence electrons. The molecule has 1 atom stereocenters. The van der Waals surface area contributed by atoms with Crippen LogP contribution in [0, 0.1) is 5.92 Å². The summed E-state index contributed by atoms with van der Waals surface area (Å²) in [6, 6.07) is 12.6. The Kier molecular flexibility index (Phi) is 7.07. The summed E-state index contributed by atoms with van der Waals surface area (Å²) in [5.74, 6) is 0.139. The third-order valence-corrected chi connectivity index (χ3v) is 7.10. The highest BCUT2D eigenvalue weighted by Crippen LogP contribution is 2.36. The lowest BCUT2D eigenvalue weighted by atomic mass is 9.84. The molecule has 1 saturated carbocycles. The number of rotatable bonds is 5. The fourth-order valence-corrected chi connectivity index (χ4v) is 5.28. The zero-order chi connectivity index (χ0) is 23.6. The summed E-state index contributed by atoms with van der Waals surface area (Å²) < 4.78 is 40.2. The van der Waals surface area contributed by atoms with Gasteiger partial charge in [0.1, 0.15) is 0 Å². The first-order valence-electron chi connectivity index (χ1n) is 11.3. The van der Waals surface area contributed by atoms with Crippen LogP contribution in [0.4, 0.5) is 13.2 Å². The standard InChI is InChI=1S/C26H26BrF3N2O/c1-16(17-8-4-2-5-9-17)31-25(33)23-20-13-12-19(26(28,29)30)14-22(20)32-24(21(23)15-27)18-10-6-3-7-11-18/h3,6-7,10-14,16-17H,2,4-5,8-9,15H2,1H3,(H,31,33)/t16-/m0/s1. The van der Waals surface area contributed by atoms with Gasteiger partial charge >= 0.3 is 6.18 Å². The molecule has 1 N–H and O–H groups in total. The van der Waals surface area contributed by atoms with Gasteiger partial charge in [-0.2, -0.15) is 13.2 Å². The van der Waals surface area contributed by atoms with Gasteiger partial charge < -0.3 is 5.32 Å². The number of carbonyl (C=O) groups excluding carboxylic acids is 1. The summed E-state index contributed by atoms with van der Waals surface area (Å²) in [5, 5.41) is 3.92. The Balaban J connectivity index is 1.85. The molecule has 0 unspecified atom stereocenters. The zero-order valence-electron chi connectivity index (χ0n) is 18.4. The van der Waals surface area contributed by atoms with Crippen molar-refractivity contribution < 1.29 is 18.0 Å². The predicted molar refractivity (Wildman–Crippen MR) is 128 cm³/mol. The van der Waals surface area contributed by atoms with E-state index in [-0.39, 0.29) is 17.5 Å². The maximum Gasteiger partial charge on any atom is 0.416 e. The highest BCUT2D eigenvalue weighted by atomic mass is 79.9. The van der Waals surface area contributed by atoms with E-state index in [1.165, 1.54) is 12.5 Å². The number of alkyl halides is 4. The Bertz CT molecular complexity index is 1140. The number of fused-ring (bicyclic) bond motifs is 1. The maximum absolute atomic E-state index is 13.6. The molecular formula is C26H26BrF3N2O. The van der Waals surface area contributed by atoms with E-state index in [1.807, 2.05) is 37.3 Å². The zero-order valence-corrected chi connectivity index (χ0v) is 20.0. The highest BCUT2D eigenvalue weighted by molar-refractivity contribution is 9.08. The molecule has 1 aromatic heterocycles. The van der Waals surface area contributed by atoms with Crippen LogP contribution in [0.3, 0.4) is 0 Å². The number of halogens is 4. The fraction of sp³-hybridized carbons (Fsp3) is 0.385. The maximum atomic E-state index is 13.6. The number of benzene rings is 2. The van der Waals surface area contributed by atoms with Crippen LogP contribution in [0.5, 0.6) is 0 Å². The molecule has 0 bridgehead atoms. The van der Waals surface area contributed by atoms with Gasteiger partial charge in [0, 0.05) is 27.9 Å². The van der Waals surface area contributed by atoms with Crippen LogP contribution in [0.1, 0.15) is 60.5 Å². The summed E-state index contributed by atoms with van der Waals surface area (Å²) in [7, 11) is 0. The van der Waals surface area contributed by atoms with Crippen molar-refractivity contribution >= 4 is 32.7 Å². The van der Waals surface area contributed by atoms with E-state index in [0.717, 1.165) is 43.4 Å². The first-order valence-corrected chi connectivity index (χ1v) is 12.4. The van der Waals surface area contributed by atoms with Crippen molar-refractivity contribution in [3.63, 3.8) is 0 Å². The molecule has 1 heterocycles. The number of amides is 1. The number of hydrogen-bond acceptors (Lipinski definition) is 2. The Morgan fingerprint density at radius 2 is 1.82 bits per heavy atom. The third kappa shape index (κ3) is 5.08. The summed E-state index contributed by atoms with van der Waals surface area (Å²) in [6.07, 6.45) is 1.21. The monoisotopic (exact) mass is 518 g/mol. The Morgan fingerprint density at radius 3 is 2.45 bits per heavy atom. The molecule has 0 radical (unpaired) electrons. The average molecular weight is 519 g/mol. The average Bonchev–Trinajstić information content (AvgIpc) is 2.82. The molecule has 0 aliphatic heterocycles. The van der Waals surface area contributed by atoms with Crippen LogP contribution in [0.2, 0.25) is 0 Å². The summed E-state index contributed by atoms with van der Waals surface area (Å²) >= 11 is 3.50. The van der Waals surface area contributed by atoms with Crippen molar-refractivity contribution in [1.29, 1.82) is 0 Å². The Labute approximate surface area is 199 Å². The van der Waals surface area contributed by atoms with E-state index in [1.54, 1.807) is 0 Å². The van der Waals surface area contributed by atoms with Crippen LogP contribution in [0.25, 0.3) is 22.2 Å². The Morgan fingerprint density at radius 1 is 1.12 bits per heavy atom. The lowest BCUT2D eigenvalue weighted by molar-refractivity contribution is -0.137. The second-order valence-corrected chi connectivity index (χ2v) is 9.26. The Hall–Kier alpha value is -2.41. The van der Waals surface area contributed by atoms with Crippen molar-refractivity contribution in [3.8, 4) is 11.3 Å². The van der Waals surface area contributed by atoms with E-state index in [9.17, 15) is 18.0 Å². The number of hydrogen-bond donors (Lipinski definition) is 1. The summed E-state index contributed by atoms with van der Waals surface area (Å²) in [6.45, 7) is 2.02. The minimum atomic E-state index is -4.49. The van der Waals surface area contributed by atoms with E-state index >= 15 is 0 Å². The van der Waals surface area contributed by atoms with E-state index in [0.29, 0.717) is 33.5 Å². The number of aromatic nitrogens is 1. The van der Waals surface area contributed by atoms with Crippen LogP contribution in [-0.2, 0) is 11.5 Å². The van der Waals surface area contributed by atoms with Crippen LogP contribution >= 0.6 is 15.9 Å². The van der Waals surface area contributed by atoms with Crippen molar-refractivity contribution in [2.45, 2.75) is 56.6 Å². The van der Waals surface area contributed by atoms with Gasteiger partial charge in [0.25, 0.3) is 5.91 Å². The van der Waals surface area contributed by atoms with Crippen LogP contribution in [0.15, 0.2) is 48.5 Å². The molecule has 4 rings (SSSR count). The van der Waals surface area contributed by atoms with Gasteiger partial charge in [-0.25, -0.2) is 4.98 Å². The van der Waals surface area contributed by atoms with Crippen LogP contribution < -0.4 is 5.32 Å². The number of pyridine rings is 1. The minimum Gasteiger partial charge on any atom is -0.349 e. The SMILES string of the molecule is C[C@H](NC(=O)c1c(CBr)c(-c2ccccc2)nc2cc(C(F)(F)F)ccc12)C1CCCCC1. The van der Waals surface area contributed by atoms with Gasteiger partial charge in [-0.1, -0.05) is 71.6 Å². The molecule has 2 aromatic carbocycles. The van der Waals surface area contributed by atoms with Crippen molar-refractivity contribution in [1.82, 2.24) is 10.3 Å². The molecule has 33 heavy (non-hydrogen) atoms. The molecule has 7 heteroatoms. The van der Waals surface area contributed by atoms with Gasteiger partial charge in [-0.15, -0.1) is 0 Å². The third-order valence-electron chi connectivity index (χ3n) is 6.54. The molecule has 1 fully saturated rings. The molecule has 1 amide bonds. The van der Waals surface area contributed by atoms with Gasteiger partial charge in [-0.05, 0) is 37.8 Å². The van der Waals surface area contributed by atoms with E-state index < -0.39 is 11.7 Å². The molecule has 0 saturated heterocycles. The van der Waals surface area contributed by atoms with E-state index in [2.05, 4.69) is 26.2 Å². The summed E-state index contributed by atoms with van der Waals surface area (Å²) in [4.78, 5) is 18.2. The van der Waals surface area contributed by atoms with Gasteiger partial charge in [0.15, 0.2) is 0 Å².